The van der Waals surface area contributed by atoms with Crippen LogP contribution in [-0.2, 0) is 24.8 Å². The zero-order chi connectivity index (χ0) is 22.6. The van der Waals surface area contributed by atoms with Crippen LogP contribution in [0.4, 0.5) is 0 Å². The third-order valence-corrected chi connectivity index (χ3v) is 7.23. The van der Waals surface area contributed by atoms with Gasteiger partial charge in [-0.1, -0.05) is 6.92 Å². The lowest BCUT2D eigenvalue weighted by Crippen LogP contribution is -2.43. The first kappa shape index (κ1) is 11.9. The topological polar surface area (TPSA) is 119 Å². The van der Waals surface area contributed by atoms with Crippen LogP contribution in [0.15, 0.2) is 14.5 Å². The minimum Gasteiger partial charge on any atom is -0.385 e. The molecule has 0 unspecified atom stereocenters. The molecule has 23 heavy (non-hydrogen) atoms. The van der Waals surface area contributed by atoms with Gasteiger partial charge in [-0.05, 0) is 19.0 Å². The summed E-state index contributed by atoms with van der Waals surface area (Å²) in [5.74, 6) is 0. The maximum Gasteiger partial charge on any atom is 0.252 e. The van der Waals surface area contributed by atoms with Crippen molar-refractivity contribution >= 4 is 31.4 Å². The first-order chi connectivity index (χ1) is 13.0. The number of nitrogens with two attached hydrogens (primary N) is 1. The van der Waals surface area contributed by atoms with Gasteiger partial charge in [-0.3, -0.25) is 0 Å². The second kappa shape index (κ2) is 7.13. The fourth-order valence-electron chi connectivity index (χ4n) is 1.77. The Morgan fingerprint density at radius 1 is 1.74 bits per heavy atom. The molecule has 1 aromatic heterocycles. The highest BCUT2D eigenvalue weighted by Gasteiger charge is 2.39. The first-order valence-corrected chi connectivity index (χ1v) is 10.3. The normalized spacial score (nSPS) is 31.1. The van der Waals surface area contributed by atoms with Crippen LogP contribution in [0.25, 0.3) is 0 Å². The lowest BCUT2D eigenvalue weighted by atomic mass is 10.1. The quantitative estimate of drug-likeness (QED) is 0.682. The van der Waals surface area contributed by atoms with Crippen molar-refractivity contribution in [2.75, 3.05) is 33.3 Å². The molecule has 1 atom stereocenters. The Morgan fingerprint density at radius 2 is 2.43 bits per heavy atom. The second-order valence-electron chi connectivity index (χ2n) is 4.41. The van der Waals surface area contributed by atoms with Crippen LogP contribution in [0.1, 0.15) is 33.2 Å². The number of nitrogens with zero attached hydrogens (tertiary/aromatic N) is 1. The molecule has 0 amide bonds. The van der Waals surface area contributed by atoms with E-state index in [-0.39, 0.29) is 28.8 Å². The molecule has 0 aromatic carbocycles. The number of methoxy groups -OCH3 is 1. The molecule has 0 aliphatic carbocycles. The summed E-state index contributed by atoms with van der Waals surface area (Å²) >= 11 is 0.0938. The van der Waals surface area contributed by atoms with E-state index in [1.54, 1.807) is 0 Å². The predicted molar refractivity (Wildman–Crippen MR) is 87.4 cm³/mol. The molecule has 0 saturated heterocycles. The van der Waals surface area contributed by atoms with E-state index >= 15 is 0 Å². The summed E-state index contributed by atoms with van der Waals surface area (Å²) in [5, 5.41) is 7.51. The number of nitrogens with one attached hydrogen (secondary N) is 1. The summed E-state index contributed by atoms with van der Waals surface area (Å²) in [5.41, 5.74) is -0.725. The fourth-order valence-corrected chi connectivity index (χ4v) is 5.41. The maximum absolute atomic E-state index is 13.2. The van der Waals surface area contributed by atoms with E-state index in [1.165, 1.54) is 14.0 Å². The van der Waals surface area contributed by atoms with Gasteiger partial charge in [0.05, 0.1) is 2.74 Å². The van der Waals surface area contributed by atoms with Crippen molar-refractivity contribution in [3.63, 3.8) is 0 Å². The molecule has 0 bridgehead atoms. The SMILES string of the molecule is [2H]c1c(S(N)(=O)=O)sc2c1[C@@]([2H])(NCC)C([2H])([2H])N(C([2H])([2H])CCOC)S2(=O)=O. The van der Waals surface area contributed by atoms with E-state index in [0.29, 0.717) is 0 Å². The molecule has 0 spiro atoms. The van der Waals surface area contributed by atoms with Crippen LogP contribution in [0, 0.1) is 0 Å². The molecule has 1 aliphatic heterocycles. The van der Waals surface area contributed by atoms with Crippen LogP contribution < -0.4 is 10.5 Å². The number of sulfonamides is 2. The van der Waals surface area contributed by atoms with E-state index in [1.807, 2.05) is 0 Å². The van der Waals surface area contributed by atoms with Gasteiger partial charge in [0.25, 0.3) is 10.0 Å². The molecular weight excluding hydrogens is 362 g/mol. The molecule has 0 fully saturated rings. The third-order valence-electron chi connectivity index (χ3n) is 2.73. The van der Waals surface area contributed by atoms with E-state index in [9.17, 15) is 16.8 Å². The Balaban J connectivity index is 2.96. The van der Waals surface area contributed by atoms with Crippen LogP contribution in [0.5, 0.6) is 0 Å². The Kier molecular flexibility index (Phi) is 3.69. The average Bonchev–Trinajstić information content (AvgIpc) is 2.90. The van der Waals surface area contributed by atoms with Gasteiger partial charge in [0.15, 0.2) is 0 Å². The van der Waals surface area contributed by atoms with Gasteiger partial charge >= 0.3 is 0 Å². The number of rotatable bonds is 7. The molecular formula is C12H21N3O5S3. The van der Waals surface area contributed by atoms with Gasteiger partial charge in [0, 0.05) is 43.8 Å². The van der Waals surface area contributed by atoms with Gasteiger partial charge < -0.3 is 10.1 Å². The minimum atomic E-state index is -4.98. The maximum atomic E-state index is 13.2. The minimum absolute atomic E-state index is 0.0581. The van der Waals surface area contributed by atoms with Crippen molar-refractivity contribution in [1.82, 2.24) is 9.62 Å². The standard InChI is InChI=1S/C12H21N3O5S3/c1-3-14-10-8-15(5-4-6-20-2)23(18,19)12-9(10)7-11(21-12)22(13,16)17/h7,10,14H,3-6,8H2,1-2H3,(H2,13,16,17)/t10-/m0/s1/i5D2,7D,8D2,10D. The Morgan fingerprint density at radius 3 is 3.00 bits per heavy atom. The van der Waals surface area contributed by atoms with Crippen molar-refractivity contribution in [2.45, 2.75) is 27.8 Å². The number of hydrogen-bond acceptors (Lipinski definition) is 7. The molecule has 2 rings (SSSR count). The number of primary sulfonamides is 1. The molecule has 2 heterocycles. The van der Waals surface area contributed by atoms with E-state index < -0.39 is 65.5 Å². The van der Waals surface area contributed by atoms with Gasteiger partial charge in [0.2, 0.25) is 10.0 Å². The summed E-state index contributed by atoms with van der Waals surface area (Å²) in [6.07, 6.45) is -0.555. The first-order valence-electron chi connectivity index (χ1n) is 9.46. The summed E-state index contributed by atoms with van der Waals surface area (Å²) < 4.78 is 103. The number of ether oxygens (including phenoxy) is 1. The second-order valence-corrected chi connectivity index (χ2v) is 9.17. The van der Waals surface area contributed by atoms with Crippen molar-refractivity contribution in [2.24, 2.45) is 5.14 Å². The highest BCUT2D eigenvalue weighted by atomic mass is 32.3. The van der Waals surface area contributed by atoms with Crippen molar-refractivity contribution in [3.05, 3.63) is 11.6 Å². The molecule has 0 saturated carbocycles. The Bertz CT molecular complexity index is 1010. The number of fused-ring (bicyclic) bond motifs is 1. The molecule has 8 nitrogen and oxygen atoms in total. The highest BCUT2D eigenvalue weighted by molar-refractivity contribution is 7.94. The largest absolute Gasteiger partial charge is 0.385 e. The predicted octanol–water partition coefficient (Wildman–Crippen LogP) is 0.0869. The highest BCUT2D eigenvalue weighted by Crippen LogP contribution is 2.39. The molecule has 0 radical (unpaired) electrons. The van der Waals surface area contributed by atoms with Crippen molar-refractivity contribution in [1.29, 1.82) is 0 Å². The molecule has 3 N–H and O–H groups in total. The Labute approximate surface area is 149 Å². The van der Waals surface area contributed by atoms with Gasteiger partial charge in [-0.2, -0.15) is 4.31 Å². The van der Waals surface area contributed by atoms with Gasteiger partial charge in [0.1, 0.15) is 8.42 Å². The van der Waals surface area contributed by atoms with Crippen LogP contribution in [0.2, 0.25) is 0 Å². The van der Waals surface area contributed by atoms with Crippen LogP contribution >= 0.6 is 11.3 Å². The summed E-state index contributed by atoms with van der Waals surface area (Å²) in [7, 11) is -8.28. The van der Waals surface area contributed by atoms with Crippen LogP contribution in [0.3, 0.4) is 0 Å². The fraction of sp³-hybridized carbons (Fsp3) is 0.667. The lowest BCUT2D eigenvalue weighted by Gasteiger charge is -2.32. The molecule has 1 aromatic rings. The van der Waals surface area contributed by atoms with E-state index in [2.05, 4.69) is 5.32 Å². The lowest BCUT2D eigenvalue weighted by molar-refractivity contribution is 0.185. The zero-order valence-electron chi connectivity index (χ0n) is 18.4. The number of thiophene rings is 1. The van der Waals surface area contributed by atoms with Gasteiger partial charge in [-0.25, -0.2) is 22.0 Å². The smallest absolute Gasteiger partial charge is 0.252 e. The van der Waals surface area contributed by atoms with Gasteiger partial charge in [-0.15, -0.1) is 11.3 Å². The molecule has 1 aliphatic rings. The van der Waals surface area contributed by atoms with Crippen LogP contribution in [-0.4, -0.2) is 54.4 Å². The summed E-state index contributed by atoms with van der Waals surface area (Å²) in [6, 6.07) is -3.59. The zero-order valence-corrected chi connectivity index (χ0v) is 14.9. The summed E-state index contributed by atoms with van der Waals surface area (Å²) in [6.45, 7) is -4.87. The van der Waals surface area contributed by atoms with Crippen molar-refractivity contribution in [3.8, 4) is 0 Å². The monoisotopic (exact) mass is 389 g/mol. The Hall–Kier alpha value is -0.560. The molecule has 11 heteroatoms. The average molecular weight is 390 g/mol. The van der Waals surface area contributed by atoms with E-state index in [0.717, 1.165) is 0 Å². The van der Waals surface area contributed by atoms with Crippen molar-refractivity contribution < 1.29 is 29.8 Å². The number of likely N-dealkylation sites (N-methyl/N-ethyl adjacent to an activating group) is 1. The third kappa shape index (κ3) is 3.92. The summed E-state index contributed by atoms with van der Waals surface area (Å²) in [4.78, 5) is 0. The number of hydrogen-bond donors (Lipinski definition) is 2. The van der Waals surface area contributed by atoms with E-state index in [4.69, 9.17) is 18.1 Å². The molecule has 132 valence electrons.